The number of benzene rings is 2. The SMILES string of the molecule is O=C(Nc1cccc(F)c1)c1nnc([C@H]2CCCN2C(=O)Nc2cc(F)ccc2F)s1. The number of nitrogens with zero attached hydrogens (tertiary/aromatic N) is 3. The summed E-state index contributed by atoms with van der Waals surface area (Å²) < 4.78 is 40.5. The largest absolute Gasteiger partial charge is 0.322 e. The van der Waals surface area contributed by atoms with Gasteiger partial charge in [-0.25, -0.2) is 18.0 Å². The van der Waals surface area contributed by atoms with Crippen LogP contribution < -0.4 is 10.6 Å². The number of likely N-dealkylation sites (tertiary alicyclic amines) is 1. The summed E-state index contributed by atoms with van der Waals surface area (Å²) in [6, 6.07) is 7.17. The molecule has 31 heavy (non-hydrogen) atoms. The molecule has 2 N–H and O–H groups in total. The van der Waals surface area contributed by atoms with E-state index in [1.807, 2.05) is 0 Å². The van der Waals surface area contributed by atoms with Gasteiger partial charge in [-0.1, -0.05) is 17.4 Å². The first-order chi connectivity index (χ1) is 14.9. The van der Waals surface area contributed by atoms with Gasteiger partial charge < -0.3 is 15.5 Å². The molecule has 2 aromatic carbocycles. The minimum atomic E-state index is -0.752. The molecule has 0 aliphatic carbocycles. The summed E-state index contributed by atoms with van der Waals surface area (Å²) in [5.74, 6) is -2.46. The van der Waals surface area contributed by atoms with Gasteiger partial charge >= 0.3 is 6.03 Å². The van der Waals surface area contributed by atoms with Crippen molar-refractivity contribution in [2.45, 2.75) is 18.9 Å². The summed E-state index contributed by atoms with van der Waals surface area (Å²) in [6.45, 7) is 0.387. The molecular weight excluding hydrogens is 431 g/mol. The van der Waals surface area contributed by atoms with Gasteiger partial charge in [0.15, 0.2) is 0 Å². The minimum absolute atomic E-state index is 0.0581. The molecule has 4 rings (SSSR count). The number of hydrogen-bond acceptors (Lipinski definition) is 5. The van der Waals surface area contributed by atoms with E-state index in [1.54, 1.807) is 0 Å². The number of carbonyl (C=O) groups excluding carboxylic acids is 2. The van der Waals surface area contributed by atoms with Gasteiger partial charge in [0.05, 0.1) is 11.7 Å². The second-order valence-electron chi connectivity index (χ2n) is 6.82. The summed E-state index contributed by atoms with van der Waals surface area (Å²) in [6.07, 6.45) is 1.26. The van der Waals surface area contributed by atoms with Gasteiger partial charge in [-0.05, 0) is 43.2 Å². The smallest absolute Gasteiger partial charge is 0.320 e. The van der Waals surface area contributed by atoms with Gasteiger partial charge in [0.1, 0.15) is 22.5 Å². The van der Waals surface area contributed by atoms with Crippen LogP contribution >= 0.6 is 11.3 Å². The Labute approximate surface area is 178 Å². The van der Waals surface area contributed by atoms with Crippen molar-refractivity contribution in [3.8, 4) is 0 Å². The predicted octanol–water partition coefficient (Wildman–Crippen LogP) is 4.58. The third-order valence-corrected chi connectivity index (χ3v) is 5.71. The van der Waals surface area contributed by atoms with Crippen molar-refractivity contribution in [1.29, 1.82) is 0 Å². The zero-order valence-corrected chi connectivity index (χ0v) is 16.8. The molecule has 3 amide bonds. The molecule has 0 radical (unpaired) electrons. The van der Waals surface area contributed by atoms with E-state index < -0.39 is 35.4 Å². The maximum Gasteiger partial charge on any atom is 0.322 e. The first-order valence-electron chi connectivity index (χ1n) is 9.34. The van der Waals surface area contributed by atoms with Crippen LogP contribution in [0, 0.1) is 17.5 Å². The third-order valence-electron chi connectivity index (χ3n) is 4.69. The maximum atomic E-state index is 13.8. The first-order valence-corrected chi connectivity index (χ1v) is 10.2. The zero-order valence-electron chi connectivity index (χ0n) is 15.9. The lowest BCUT2D eigenvalue weighted by Crippen LogP contribution is -2.34. The van der Waals surface area contributed by atoms with Gasteiger partial charge in [0, 0.05) is 18.3 Å². The lowest BCUT2D eigenvalue weighted by molar-refractivity contribution is 0.102. The molecule has 1 aliphatic heterocycles. The Kier molecular flexibility index (Phi) is 5.85. The topological polar surface area (TPSA) is 87.2 Å². The number of hydrogen-bond donors (Lipinski definition) is 2. The quantitative estimate of drug-likeness (QED) is 0.613. The fourth-order valence-electron chi connectivity index (χ4n) is 3.26. The fraction of sp³-hybridized carbons (Fsp3) is 0.200. The first kappa shape index (κ1) is 20.8. The predicted molar refractivity (Wildman–Crippen MR) is 108 cm³/mol. The van der Waals surface area contributed by atoms with Gasteiger partial charge in [-0.3, -0.25) is 4.79 Å². The van der Waals surface area contributed by atoms with E-state index in [2.05, 4.69) is 20.8 Å². The maximum absolute atomic E-state index is 13.8. The average molecular weight is 447 g/mol. The molecule has 1 atom stereocenters. The summed E-state index contributed by atoms with van der Waals surface area (Å²) in [5.41, 5.74) is 0.0174. The van der Waals surface area contributed by atoms with Crippen LogP contribution in [-0.4, -0.2) is 33.6 Å². The van der Waals surface area contributed by atoms with Crippen LogP contribution in [0.25, 0.3) is 0 Å². The van der Waals surface area contributed by atoms with E-state index in [0.29, 0.717) is 24.4 Å². The molecule has 160 valence electrons. The molecule has 11 heteroatoms. The number of halogens is 3. The van der Waals surface area contributed by atoms with Crippen molar-refractivity contribution in [2.24, 2.45) is 0 Å². The van der Waals surface area contributed by atoms with Gasteiger partial charge in [0.25, 0.3) is 5.91 Å². The number of nitrogens with one attached hydrogen (secondary N) is 2. The number of aromatic nitrogens is 2. The van der Waals surface area contributed by atoms with Crippen molar-refractivity contribution >= 4 is 34.6 Å². The zero-order chi connectivity index (χ0) is 22.0. The van der Waals surface area contributed by atoms with Crippen LogP contribution in [0.2, 0.25) is 0 Å². The molecule has 1 aliphatic rings. The molecule has 1 aromatic heterocycles. The van der Waals surface area contributed by atoms with E-state index >= 15 is 0 Å². The Bertz CT molecular complexity index is 1140. The lowest BCUT2D eigenvalue weighted by Gasteiger charge is -2.23. The summed E-state index contributed by atoms with van der Waals surface area (Å²) in [5, 5.41) is 13.3. The van der Waals surface area contributed by atoms with Crippen LogP contribution in [0.5, 0.6) is 0 Å². The van der Waals surface area contributed by atoms with Crippen molar-refractivity contribution in [1.82, 2.24) is 15.1 Å². The van der Waals surface area contributed by atoms with Gasteiger partial charge in [-0.2, -0.15) is 0 Å². The van der Waals surface area contributed by atoms with Gasteiger partial charge in [-0.15, -0.1) is 10.2 Å². The molecular formula is C20H16F3N5O2S. The van der Waals surface area contributed by atoms with Crippen molar-refractivity contribution in [3.05, 3.63) is 69.9 Å². The van der Waals surface area contributed by atoms with Crippen LogP contribution in [0.15, 0.2) is 42.5 Å². The van der Waals surface area contributed by atoms with E-state index in [4.69, 9.17) is 0 Å². The minimum Gasteiger partial charge on any atom is -0.320 e. The lowest BCUT2D eigenvalue weighted by atomic mass is 10.2. The molecule has 2 heterocycles. The normalized spacial score (nSPS) is 15.7. The number of rotatable bonds is 4. The second-order valence-corrected chi connectivity index (χ2v) is 7.82. The Morgan fingerprint density at radius 3 is 2.65 bits per heavy atom. The number of anilines is 2. The van der Waals surface area contributed by atoms with Crippen molar-refractivity contribution in [2.75, 3.05) is 17.2 Å². The summed E-state index contributed by atoms with van der Waals surface area (Å²) in [4.78, 5) is 26.5. The molecule has 7 nitrogen and oxygen atoms in total. The Morgan fingerprint density at radius 2 is 1.84 bits per heavy atom. The van der Waals surface area contributed by atoms with Crippen LogP contribution in [0.4, 0.5) is 29.3 Å². The van der Waals surface area contributed by atoms with E-state index in [0.717, 1.165) is 29.5 Å². The highest BCUT2D eigenvalue weighted by Crippen LogP contribution is 2.34. The number of carbonyl (C=O) groups is 2. The molecule has 0 saturated carbocycles. The number of urea groups is 1. The highest BCUT2D eigenvalue weighted by Gasteiger charge is 2.33. The van der Waals surface area contributed by atoms with Gasteiger partial charge in [0.2, 0.25) is 5.01 Å². The van der Waals surface area contributed by atoms with Crippen molar-refractivity contribution in [3.63, 3.8) is 0 Å². The molecule has 0 bridgehead atoms. The fourth-order valence-corrected chi connectivity index (χ4v) is 4.14. The third kappa shape index (κ3) is 4.66. The highest BCUT2D eigenvalue weighted by molar-refractivity contribution is 7.13. The van der Waals surface area contributed by atoms with Crippen LogP contribution in [0.1, 0.15) is 33.7 Å². The van der Waals surface area contributed by atoms with Crippen molar-refractivity contribution < 1.29 is 22.8 Å². The molecule has 0 spiro atoms. The van der Waals surface area contributed by atoms with E-state index in [9.17, 15) is 22.8 Å². The highest BCUT2D eigenvalue weighted by atomic mass is 32.1. The Hall–Kier alpha value is -3.47. The molecule has 1 saturated heterocycles. The summed E-state index contributed by atoms with van der Waals surface area (Å²) in [7, 11) is 0. The standard InChI is InChI=1S/C20H16F3N5O2S/c21-11-3-1-4-13(9-11)24-17(29)19-27-26-18(31-19)16-5-2-8-28(16)20(30)25-15-10-12(22)6-7-14(15)23/h1,3-4,6-7,9-10,16H,2,5,8H2,(H,24,29)(H,25,30)/t16-/m1/s1. The number of amides is 3. The molecule has 3 aromatic rings. The van der Waals surface area contributed by atoms with Crippen LogP contribution in [0.3, 0.4) is 0 Å². The van der Waals surface area contributed by atoms with E-state index in [1.165, 1.54) is 29.2 Å². The Morgan fingerprint density at radius 1 is 1.03 bits per heavy atom. The Balaban J connectivity index is 1.46. The average Bonchev–Trinajstić information content (AvgIpc) is 3.40. The monoisotopic (exact) mass is 447 g/mol. The van der Waals surface area contributed by atoms with Crippen LogP contribution in [-0.2, 0) is 0 Å². The second kappa shape index (κ2) is 8.72. The molecule has 0 unspecified atom stereocenters. The summed E-state index contributed by atoms with van der Waals surface area (Å²) >= 11 is 1.01. The van der Waals surface area contributed by atoms with E-state index in [-0.39, 0.29) is 16.4 Å². The molecule has 1 fully saturated rings.